The van der Waals surface area contributed by atoms with Crippen LogP contribution in [0.5, 0.6) is 0 Å². The fourth-order valence-electron chi connectivity index (χ4n) is 3.48. The molecule has 1 aromatic carbocycles. The second-order valence-electron chi connectivity index (χ2n) is 5.77. The first-order valence-corrected chi connectivity index (χ1v) is 6.79. The Morgan fingerprint density at radius 3 is 2.29 bits per heavy atom. The predicted molar refractivity (Wildman–Crippen MR) is 70.7 cm³/mol. The average molecular weight is 230 g/mol. The molecule has 0 amide bonds. The molecule has 0 saturated carbocycles. The molecule has 2 fully saturated rings. The van der Waals surface area contributed by atoms with Crippen LogP contribution in [-0.2, 0) is 6.54 Å². The summed E-state index contributed by atoms with van der Waals surface area (Å²) in [6.07, 6.45) is 5.10. The SMILES string of the molecule is Cc1ccc(CN2C3CCC2CC(N)C3)cc1. The number of hydrogen-bond acceptors (Lipinski definition) is 2. The molecule has 2 nitrogen and oxygen atoms in total. The minimum Gasteiger partial charge on any atom is -0.328 e. The highest BCUT2D eigenvalue weighted by Crippen LogP contribution is 2.36. The lowest BCUT2D eigenvalue weighted by Crippen LogP contribution is -2.46. The van der Waals surface area contributed by atoms with Gasteiger partial charge in [0.1, 0.15) is 0 Å². The van der Waals surface area contributed by atoms with Crippen LogP contribution in [0, 0.1) is 6.92 Å². The van der Waals surface area contributed by atoms with Crippen LogP contribution in [0.1, 0.15) is 36.8 Å². The van der Waals surface area contributed by atoms with E-state index in [9.17, 15) is 0 Å². The van der Waals surface area contributed by atoms with Crippen molar-refractivity contribution in [3.8, 4) is 0 Å². The first kappa shape index (κ1) is 11.2. The molecule has 0 spiro atoms. The van der Waals surface area contributed by atoms with Crippen LogP contribution >= 0.6 is 0 Å². The molecule has 2 heterocycles. The Hall–Kier alpha value is -0.860. The monoisotopic (exact) mass is 230 g/mol. The van der Waals surface area contributed by atoms with Gasteiger partial charge in [-0.05, 0) is 38.2 Å². The third-order valence-corrected chi connectivity index (χ3v) is 4.41. The predicted octanol–water partition coefficient (Wildman–Crippen LogP) is 2.45. The van der Waals surface area contributed by atoms with Gasteiger partial charge in [-0.2, -0.15) is 0 Å². The quantitative estimate of drug-likeness (QED) is 0.845. The van der Waals surface area contributed by atoms with Crippen molar-refractivity contribution >= 4 is 0 Å². The summed E-state index contributed by atoms with van der Waals surface area (Å²) in [4.78, 5) is 2.69. The topological polar surface area (TPSA) is 29.3 Å². The summed E-state index contributed by atoms with van der Waals surface area (Å²) in [6, 6.07) is 10.9. The summed E-state index contributed by atoms with van der Waals surface area (Å²) < 4.78 is 0. The molecule has 2 N–H and O–H groups in total. The van der Waals surface area contributed by atoms with Crippen molar-refractivity contribution in [3.05, 3.63) is 35.4 Å². The molecule has 2 aliphatic rings. The smallest absolute Gasteiger partial charge is 0.0239 e. The van der Waals surface area contributed by atoms with Gasteiger partial charge in [0.15, 0.2) is 0 Å². The van der Waals surface area contributed by atoms with E-state index in [0.717, 1.165) is 18.6 Å². The van der Waals surface area contributed by atoms with Crippen LogP contribution < -0.4 is 5.73 Å². The lowest BCUT2D eigenvalue weighted by Gasteiger charge is -2.37. The Bertz CT molecular complexity index is 370. The van der Waals surface area contributed by atoms with Crippen LogP contribution in [0.15, 0.2) is 24.3 Å². The molecule has 2 saturated heterocycles. The van der Waals surface area contributed by atoms with E-state index in [-0.39, 0.29) is 0 Å². The number of benzene rings is 1. The van der Waals surface area contributed by atoms with Crippen molar-refractivity contribution in [2.45, 2.75) is 57.3 Å². The number of rotatable bonds is 2. The van der Waals surface area contributed by atoms with E-state index in [1.54, 1.807) is 0 Å². The molecular formula is C15H22N2. The number of aryl methyl sites for hydroxylation is 1. The molecule has 2 atom stereocenters. The molecule has 2 unspecified atom stereocenters. The maximum atomic E-state index is 6.10. The summed E-state index contributed by atoms with van der Waals surface area (Å²) in [5.41, 5.74) is 8.90. The third-order valence-electron chi connectivity index (χ3n) is 4.41. The van der Waals surface area contributed by atoms with Gasteiger partial charge in [-0.3, -0.25) is 4.90 Å². The van der Waals surface area contributed by atoms with Gasteiger partial charge in [0, 0.05) is 24.7 Å². The highest BCUT2D eigenvalue weighted by Gasteiger charge is 2.39. The first-order valence-electron chi connectivity index (χ1n) is 6.79. The van der Waals surface area contributed by atoms with Gasteiger partial charge in [0.25, 0.3) is 0 Å². The normalized spacial score (nSPS) is 32.9. The van der Waals surface area contributed by atoms with Crippen LogP contribution in [0.3, 0.4) is 0 Å². The Morgan fingerprint density at radius 2 is 1.71 bits per heavy atom. The van der Waals surface area contributed by atoms with E-state index in [4.69, 9.17) is 5.73 Å². The second kappa shape index (κ2) is 4.43. The van der Waals surface area contributed by atoms with Crippen LogP contribution in [0.25, 0.3) is 0 Å². The van der Waals surface area contributed by atoms with Crippen molar-refractivity contribution in [2.24, 2.45) is 5.73 Å². The van der Waals surface area contributed by atoms with Gasteiger partial charge < -0.3 is 5.73 Å². The summed E-state index contributed by atoms with van der Waals surface area (Å²) in [5.74, 6) is 0. The summed E-state index contributed by atoms with van der Waals surface area (Å²) in [7, 11) is 0. The first-order chi connectivity index (χ1) is 8.22. The van der Waals surface area contributed by atoms with E-state index in [2.05, 4.69) is 36.1 Å². The Kier molecular flexibility index (Phi) is 2.93. The zero-order valence-electron chi connectivity index (χ0n) is 10.6. The molecule has 0 radical (unpaired) electrons. The lowest BCUT2D eigenvalue weighted by molar-refractivity contribution is 0.120. The number of nitrogens with two attached hydrogens (primary N) is 1. The highest BCUT2D eigenvalue weighted by molar-refractivity contribution is 5.21. The fourth-order valence-corrected chi connectivity index (χ4v) is 3.48. The van der Waals surface area contributed by atoms with E-state index in [1.165, 1.54) is 36.8 Å². The van der Waals surface area contributed by atoms with Gasteiger partial charge in [0.2, 0.25) is 0 Å². The Labute approximate surface area is 104 Å². The van der Waals surface area contributed by atoms with Crippen molar-refractivity contribution in [2.75, 3.05) is 0 Å². The van der Waals surface area contributed by atoms with Gasteiger partial charge in [-0.15, -0.1) is 0 Å². The van der Waals surface area contributed by atoms with Crippen molar-refractivity contribution < 1.29 is 0 Å². The van der Waals surface area contributed by atoms with E-state index < -0.39 is 0 Å². The number of nitrogens with zero attached hydrogens (tertiary/aromatic N) is 1. The van der Waals surface area contributed by atoms with Crippen molar-refractivity contribution in [3.63, 3.8) is 0 Å². The Morgan fingerprint density at radius 1 is 1.12 bits per heavy atom. The van der Waals surface area contributed by atoms with E-state index in [0.29, 0.717) is 6.04 Å². The maximum absolute atomic E-state index is 6.10. The van der Waals surface area contributed by atoms with E-state index >= 15 is 0 Å². The van der Waals surface area contributed by atoms with Gasteiger partial charge in [-0.1, -0.05) is 29.8 Å². The summed E-state index contributed by atoms with van der Waals surface area (Å²) in [6.45, 7) is 3.26. The zero-order valence-corrected chi connectivity index (χ0v) is 10.6. The molecule has 1 aromatic rings. The minimum absolute atomic E-state index is 0.446. The van der Waals surface area contributed by atoms with Gasteiger partial charge in [0.05, 0.1) is 0 Å². The maximum Gasteiger partial charge on any atom is 0.0239 e. The van der Waals surface area contributed by atoms with E-state index in [1.807, 2.05) is 0 Å². The summed E-state index contributed by atoms with van der Waals surface area (Å²) >= 11 is 0. The average Bonchev–Trinajstić information content (AvgIpc) is 2.56. The molecule has 0 aromatic heterocycles. The molecule has 3 rings (SSSR count). The van der Waals surface area contributed by atoms with Crippen molar-refractivity contribution in [1.29, 1.82) is 0 Å². The summed E-state index contributed by atoms with van der Waals surface area (Å²) in [5, 5.41) is 0. The molecular weight excluding hydrogens is 208 g/mol. The molecule has 2 aliphatic heterocycles. The number of hydrogen-bond donors (Lipinski definition) is 1. The molecule has 2 bridgehead atoms. The number of piperidine rings is 1. The molecule has 17 heavy (non-hydrogen) atoms. The van der Waals surface area contributed by atoms with Crippen LogP contribution in [0.4, 0.5) is 0 Å². The van der Waals surface area contributed by atoms with Gasteiger partial charge in [-0.25, -0.2) is 0 Å². The molecule has 0 aliphatic carbocycles. The molecule has 2 heteroatoms. The number of fused-ring (bicyclic) bond motifs is 2. The largest absolute Gasteiger partial charge is 0.328 e. The second-order valence-corrected chi connectivity index (χ2v) is 5.77. The standard InChI is InChI=1S/C15H22N2/c1-11-2-4-12(5-3-11)10-17-14-6-7-15(17)9-13(16)8-14/h2-5,13-15H,6-10,16H2,1H3. The van der Waals surface area contributed by atoms with Gasteiger partial charge >= 0.3 is 0 Å². The lowest BCUT2D eigenvalue weighted by atomic mass is 9.97. The minimum atomic E-state index is 0.446. The highest BCUT2D eigenvalue weighted by atomic mass is 15.2. The zero-order chi connectivity index (χ0) is 11.8. The fraction of sp³-hybridized carbons (Fsp3) is 0.600. The van der Waals surface area contributed by atoms with Crippen molar-refractivity contribution in [1.82, 2.24) is 4.90 Å². The molecule has 92 valence electrons. The Balaban J connectivity index is 1.72. The van der Waals surface area contributed by atoms with Crippen LogP contribution in [0.2, 0.25) is 0 Å². The third kappa shape index (κ3) is 2.24. The van der Waals surface area contributed by atoms with Crippen LogP contribution in [-0.4, -0.2) is 23.0 Å².